The van der Waals surface area contributed by atoms with Gasteiger partial charge in [0.15, 0.2) is 0 Å². The number of benzene rings is 2. The third-order valence-electron chi connectivity index (χ3n) is 8.58. The van der Waals surface area contributed by atoms with Gasteiger partial charge in [0.1, 0.15) is 29.9 Å². The fourth-order valence-corrected chi connectivity index (χ4v) is 5.62. The van der Waals surface area contributed by atoms with Gasteiger partial charge in [-0.05, 0) is 73.9 Å². The van der Waals surface area contributed by atoms with Gasteiger partial charge in [0, 0.05) is 29.9 Å². The Kier molecular flexibility index (Phi) is 15.6. The highest BCUT2D eigenvalue weighted by Gasteiger charge is 2.33. The lowest BCUT2D eigenvalue weighted by Gasteiger charge is -2.28. The van der Waals surface area contributed by atoms with E-state index in [0.717, 1.165) is 10.9 Å². The molecule has 13 N–H and O–H groups in total. The highest BCUT2D eigenvalue weighted by atomic mass is 16.4. The van der Waals surface area contributed by atoms with Crippen molar-refractivity contribution < 1.29 is 39.0 Å². The Morgan fingerprint density at radius 1 is 0.769 bits per heavy atom. The predicted molar refractivity (Wildman–Crippen MR) is 193 cm³/mol. The molecule has 16 nitrogen and oxygen atoms in total. The smallest absolute Gasteiger partial charge is 0.326 e. The number of nitrogens with two attached hydrogens (primary N) is 3. The Bertz CT molecular complexity index is 1690. The van der Waals surface area contributed by atoms with E-state index in [4.69, 9.17) is 17.2 Å². The number of amides is 5. The molecule has 3 aromatic rings. The maximum absolute atomic E-state index is 14.0. The molecule has 16 heteroatoms. The second-order valence-electron chi connectivity index (χ2n) is 13.1. The van der Waals surface area contributed by atoms with E-state index < -0.39 is 71.6 Å². The molecule has 0 saturated carbocycles. The Morgan fingerprint density at radius 3 is 2.04 bits per heavy atom. The number of para-hydroxylation sites is 1. The zero-order chi connectivity index (χ0) is 38.4. The minimum absolute atomic E-state index is 0.00574. The maximum Gasteiger partial charge on any atom is 0.326 e. The van der Waals surface area contributed by atoms with Crippen LogP contribution in [-0.4, -0.2) is 87.5 Å². The summed E-state index contributed by atoms with van der Waals surface area (Å²) < 4.78 is 0. The lowest BCUT2D eigenvalue weighted by Crippen LogP contribution is -2.60. The number of aromatic amines is 1. The fourth-order valence-electron chi connectivity index (χ4n) is 5.62. The number of aromatic nitrogens is 1. The number of carboxylic acids is 1. The molecule has 0 aliphatic carbocycles. The molecule has 5 amide bonds. The van der Waals surface area contributed by atoms with Crippen molar-refractivity contribution in [3.05, 3.63) is 65.9 Å². The van der Waals surface area contributed by atoms with E-state index >= 15 is 0 Å². The molecule has 1 heterocycles. The molecule has 0 radical (unpaired) electrons. The summed E-state index contributed by atoms with van der Waals surface area (Å²) in [5.74, 6) is -5.26. The van der Waals surface area contributed by atoms with Crippen LogP contribution in [0.3, 0.4) is 0 Å². The van der Waals surface area contributed by atoms with Crippen molar-refractivity contribution in [1.29, 1.82) is 0 Å². The number of aromatic hydroxyl groups is 1. The minimum Gasteiger partial charge on any atom is -0.508 e. The van der Waals surface area contributed by atoms with Gasteiger partial charge in [0.05, 0.1) is 6.04 Å². The van der Waals surface area contributed by atoms with E-state index in [-0.39, 0.29) is 37.9 Å². The zero-order valence-corrected chi connectivity index (χ0v) is 29.4. The van der Waals surface area contributed by atoms with Crippen molar-refractivity contribution in [3.63, 3.8) is 0 Å². The number of hydrogen-bond donors (Lipinski definition) is 10. The zero-order valence-electron chi connectivity index (χ0n) is 29.4. The molecule has 0 bridgehead atoms. The standard InChI is InChI=1S/C36H50N8O8/c1-20(2)31(44-32(47)25(38)17-21-10-12-23(45)13-11-21)35(50)43-29(18-22-19-40-26-8-4-3-7-24(22)26)34(49)41-27(9-5-6-16-37)33(48)42-28(36(51)52)14-15-30(39)46/h3-4,7-8,10-13,19-20,25,27-29,31,40,45H,5-6,9,14-18,37-38H2,1-2H3,(H2,39,46)(H,41,49)(H,42,48)(H,43,50)(H,44,47)(H,51,52)/t25-,27-,28-,29-,31-/m0/s1. The summed E-state index contributed by atoms with van der Waals surface area (Å²) in [4.78, 5) is 80.7. The van der Waals surface area contributed by atoms with Gasteiger partial charge in [-0.15, -0.1) is 0 Å². The first-order valence-electron chi connectivity index (χ1n) is 17.2. The number of phenolic OH excluding ortho intramolecular Hbond substituents is 1. The van der Waals surface area contributed by atoms with Crippen molar-refractivity contribution in [2.45, 2.75) is 89.0 Å². The third-order valence-corrected chi connectivity index (χ3v) is 8.58. The highest BCUT2D eigenvalue weighted by Crippen LogP contribution is 2.20. The number of rotatable bonds is 21. The predicted octanol–water partition coefficient (Wildman–Crippen LogP) is 0.0603. The summed E-state index contributed by atoms with van der Waals surface area (Å²) >= 11 is 0. The number of nitrogens with one attached hydrogen (secondary N) is 5. The van der Waals surface area contributed by atoms with E-state index in [9.17, 15) is 39.0 Å². The summed E-state index contributed by atoms with van der Waals surface area (Å²) in [7, 11) is 0. The topological polar surface area (TPSA) is 285 Å². The summed E-state index contributed by atoms with van der Waals surface area (Å²) in [6.45, 7) is 3.76. The van der Waals surface area contributed by atoms with Crippen LogP contribution in [0.15, 0.2) is 54.7 Å². The van der Waals surface area contributed by atoms with E-state index in [0.29, 0.717) is 30.5 Å². The van der Waals surface area contributed by atoms with Crippen LogP contribution in [0.1, 0.15) is 57.1 Å². The van der Waals surface area contributed by atoms with Crippen LogP contribution >= 0.6 is 0 Å². The second-order valence-corrected chi connectivity index (χ2v) is 13.1. The Hall–Kier alpha value is -5.48. The number of carbonyl (C=O) groups excluding carboxylic acids is 5. The van der Waals surface area contributed by atoms with Gasteiger partial charge in [-0.2, -0.15) is 0 Å². The first-order valence-corrected chi connectivity index (χ1v) is 17.2. The van der Waals surface area contributed by atoms with Crippen molar-refractivity contribution in [1.82, 2.24) is 26.3 Å². The van der Waals surface area contributed by atoms with Crippen LogP contribution in [0.2, 0.25) is 0 Å². The number of primary amides is 1. The molecule has 282 valence electrons. The normalized spacial score (nSPS) is 14.1. The lowest BCUT2D eigenvalue weighted by atomic mass is 9.99. The molecule has 0 aliphatic heterocycles. The summed E-state index contributed by atoms with van der Waals surface area (Å²) in [6.07, 6.45) is 2.35. The number of aliphatic carboxylic acids is 1. The minimum atomic E-state index is -1.44. The molecule has 0 aliphatic rings. The molecule has 5 atom stereocenters. The molecule has 0 spiro atoms. The molecule has 3 rings (SSSR count). The van der Waals surface area contributed by atoms with Gasteiger partial charge in [-0.3, -0.25) is 24.0 Å². The van der Waals surface area contributed by atoms with E-state index in [1.165, 1.54) is 12.1 Å². The van der Waals surface area contributed by atoms with Gasteiger partial charge < -0.3 is 53.7 Å². The Morgan fingerprint density at radius 2 is 1.40 bits per heavy atom. The van der Waals surface area contributed by atoms with Gasteiger partial charge in [-0.25, -0.2) is 4.79 Å². The van der Waals surface area contributed by atoms with Crippen LogP contribution in [0.25, 0.3) is 10.9 Å². The van der Waals surface area contributed by atoms with Gasteiger partial charge in [0.25, 0.3) is 0 Å². The number of H-pyrrole nitrogens is 1. The van der Waals surface area contributed by atoms with Crippen molar-refractivity contribution in [2.75, 3.05) is 6.54 Å². The first kappa shape index (κ1) is 40.9. The monoisotopic (exact) mass is 722 g/mol. The SMILES string of the molecule is CC(C)[C@H](NC(=O)[C@@H](N)Cc1ccc(O)cc1)C(=O)N[C@@H](Cc1c[nH]c2ccccc12)C(=O)N[C@@H](CCCCN)C(=O)N[C@@H](CCC(N)=O)C(=O)O. The molecule has 2 aromatic carbocycles. The largest absolute Gasteiger partial charge is 0.508 e. The molecule has 52 heavy (non-hydrogen) atoms. The third kappa shape index (κ3) is 12.4. The first-order chi connectivity index (χ1) is 24.7. The Labute approximate surface area is 301 Å². The van der Waals surface area contributed by atoms with E-state index in [1.54, 1.807) is 32.2 Å². The van der Waals surface area contributed by atoms with Crippen LogP contribution < -0.4 is 38.5 Å². The van der Waals surface area contributed by atoms with Gasteiger partial charge in [0.2, 0.25) is 29.5 Å². The average molecular weight is 723 g/mol. The number of fused-ring (bicyclic) bond motifs is 1. The molecule has 0 unspecified atom stereocenters. The van der Waals surface area contributed by atoms with Crippen LogP contribution in [0, 0.1) is 5.92 Å². The van der Waals surface area contributed by atoms with Crippen LogP contribution in [0.5, 0.6) is 5.75 Å². The van der Waals surface area contributed by atoms with Crippen LogP contribution in [-0.2, 0) is 41.6 Å². The summed E-state index contributed by atoms with van der Waals surface area (Å²) in [5.41, 5.74) is 19.2. The highest BCUT2D eigenvalue weighted by molar-refractivity contribution is 5.96. The van der Waals surface area contributed by atoms with Crippen molar-refractivity contribution in [2.24, 2.45) is 23.1 Å². The van der Waals surface area contributed by atoms with E-state index in [1.807, 2.05) is 24.3 Å². The van der Waals surface area contributed by atoms with Crippen molar-refractivity contribution >= 4 is 46.4 Å². The van der Waals surface area contributed by atoms with Gasteiger partial charge in [-0.1, -0.05) is 44.2 Å². The van der Waals surface area contributed by atoms with Crippen molar-refractivity contribution in [3.8, 4) is 5.75 Å². The summed E-state index contributed by atoms with van der Waals surface area (Å²) in [6, 6.07) is 7.59. The molecule has 0 saturated heterocycles. The number of phenols is 1. The van der Waals surface area contributed by atoms with Crippen LogP contribution in [0.4, 0.5) is 0 Å². The number of carbonyl (C=O) groups is 6. The van der Waals surface area contributed by atoms with E-state index in [2.05, 4.69) is 26.3 Å². The average Bonchev–Trinajstić information content (AvgIpc) is 3.51. The second kappa shape index (κ2) is 19.8. The molecular weight excluding hydrogens is 672 g/mol. The maximum atomic E-state index is 14.0. The summed E-state index contributed by atoms with van der Waals surface area (Å²) in [5, 5.41) is 30.5. The molecular formula is C36H50N8O8. The molecule has 0 fully saturated rings. The number of carboxylic acid groups (broad SMARTS) is 1. The lowest BCUT2D eigenvalue weighted by molar-refractivity contribution is -0.142. The fraction of sp³-hybridized carbons (Fsp3) is 0.444. The number of hydrogen-bond acceptors (Lipinski definition) is 9. The van der Waals surface area contributed by atoms with Gasteiger partial charge >= 0.3 is 5.97 Å². The number of unbranched alkanes of at least 4 members (excludes halogenated alkanes) is 1. The quantitative estimate of drug-likeness (QED) is 0.0660. The molecule has 1 aromatic heterocycles. The Balaban J connectivity index is 1.85.